The Morgan fingerprint density at radius 3 is 2.50 bits per heavy atom. The van der Waals surface area contributed by atoms with Gasteiger partial charge in [0.1, 0.15) is 5.82 Å². The zero-order chi connectivity index (χ0) is 13.2. The van der Waals surface area contributed by atoms with Crippen molar-refractivity contribution in [2.75, 3.05) is 13.2 Å². The number of benzene rings is 1. The van der Waals surface area contributed by atoms with Gasteiger partial charge in [0.15, 0.2) is 0 Å². The summed E-state index contributed by atoms with van der Waals surface area (Å²) in [5.74, 6) is -0.201. The molecule has 0 bridgehead atoms. The molecule has 1 aliphatic heterocycles. The number of hydrogen-bond donors (Lipinski definition) is 1. The maximum absolute atomic E-state index is 12.9. The third-order valence-electron chi connectivity index (χ3n) is 3.56. The average molecular weight is 251 g/mol. The SMILES string of the molecule is CC(C)(C)C1CCOC(c2ccc(F)cc2)CN1. The van der Waals surface area contributed by atoms with E-state index in [2.05, 4.69) is 26.1 Å². The smallest absolute Gasteiger partial charge is 0.123 e. The van der Waals surface area contributed by atoms with Gasteiger partial charge < -0.3 is 10.1 Å². The first-order chi connectivity index (χ1) is 8.47. The van der Waals surface area contributed by atoms with E-state index in [0.29, 0.717) is 6.04 Å². The predicted octanol–water partition coefficient (Wildman–Crippen LogP) is 3.29. The van der Waals surface area contributed by atoms with Crippen LogP contribution < -0.4 is 5.32 Å². The largest absolute Gasteiger partial charge is 0.372 e. The van der Waals surface area contributed by atoms with Crippen LogP contribution in [0, 0.1) is 11.2 Å². The molecule has 1 saturated heterocycles. The van der Waals surface area contributed by atoms with E-state index in [1.54, 1.807) is 12.1 Å². The lowest BCUT2D eigenvalue weighted by Crippen LogP contribution is -2.40. The summed E-state index contributed by atoms with van der Waals surface area (Å²) in [5.41, 5.74) is 1.28. The van der Waals surface area contributed by atoms with E-state index in [4.69, 9.17) is 4.74 Å². The Kier molecular flexibility index (Phi) is 4.03. The first-order valence-electron chi connectivity index (χ1n) is 6.57. The van der Waals surface area contributed by atoms with Crippen molar-refractivity contribution in [3.05, 3.63) is 35.6 Å². The molecule has 1 aromatic rings. The number of halogens is 1. The fourth-order valence-electron chi connectivity index (χ4n) is 2.37. The monoisotopic (exact) mass is 251 g/mol. The molecule has 0 amide bonds. The highest BCUT2D eigenvalue weighted by Crippen LogP contribution is 2.27. The minimum absolute atomic E-state index is 0.0259. The molecule has 1 N–H and O–H groups in total. The molecule has 1 aliphatic rings. The highest BCUT2D eigenvalue weighted by Gasteiger charge is 2.28. The van der Waals surface area contributed by atoms with Crippen LogP contribution in [0.2, 0.25) is 0 Å². The molecule has 100 valence electrons. The minimum Gasteiger partial charge on any atom is -0.372 e. The van der Waals surface area contributed by atoms with E-state index >= 15 is 0 Å². The van der Waals surface area contributed by atoms with E-state index in [-0.39, 0.29) is 17.3 Å². The molecule has 0 saturated carbocycles. The topological polar surface area (TPSA) is 21.3 Å². The number of ether oxygens (including phenoxy) is 1. The van der Waals surface area contributed by atoms with Crippen LogP contribution in [0.15, 0.2) is 24.3 Å². The molecule has 0 aromatic heterocycles. The van der Waals surface area contributed by atoms with Crippen LogP contribution in [0.25, 0.3) is 0 Å². The lowest BCUT2D eigenvalue weighted by molar-refractivity contribution is 0.0653. The summed E-state index contributed by atoms with van der Waals surface area (Å²) in [6.07, 6.45) is 1.04. The van der Waals surface area contributed by atoms with Crippen molar-refractivity contribution in [2.45, 2.75) is 39.3 Å². The van der Waals surface area contributed by atoms with Gasteiger partial charge in [-0.15, -0.1) is 0 Å². The van der Waals surface area contributed by atoms with E-state index in [1.165, 1.54) is 12.1 Å². The van der Waals surface area contributed by atoms with E-state index < -0.39 is 0 Å². The van der Waals surface area contributed by atoms with Crippen LogP contribution in [0.3, 0.4) is 0 Å². The summed E-state index contributed by atoms with van der Waals surface area (Å²) >= 11 is 0. The Morgan fingerprint density at radius 1 is 1.22 bits per heavy atom. The van der Waals surface area contributed by atoms with Crippen LogP contribution >= 0.6 is 0 Å². The number of rotatable bonds is 1. The Balaban J connectivity index is 2.03. The molecule has 18 heavy (non-hydrogen) atoms. The standard InChI is InChI=1S/C15H22FNO/c1-15(2,3)14-8-9-18-13(10-17-14)11-4-6-12(16)7-5-11/h4-7,13-14,17H,8-10H2,1-3H3. The van der Waals surface area contributed by atoms with Gasteiger partial charge in [0.25, 0.3) is 0 Å². The van der Waals surface area contributed by atoms with Crippen LogP contribution in [0.5, 0.6) is 0 Å². The molecule has 1 fully saturated rings. The van der Waals surface area contributed by atoms with Crippen molar-refractivity contribution >= 4 is 0 Å². The quantitative estimate of drug-likeness (QED) is 0.827. The summed E-state index contributed by atoms with van der Waals surface area (Å²) in [7, 11) is 0. The number of nitrogens with one attached hydrogen (secondary N) is 1. The van der Waals surface area contributed by atoms with Gasteiger partial charge >= 0.3 is 0 Å². The average Bonchev–Trinajstić information content (AvgIpc) is 2.55. The fourth-order valence-corrected chi connectivity index (χ4v) is 2.37. The second-order valence-electron chi connectivity index (χ2n) is 6.03. The van der Waals surface area contributed by atoms with Gasteiger partial charge in [-0.3, -0.25) is 0 Å². The Hall–Kier alpha value is -0.930. The van der Waals surface area contributed by atoms with Crippen LogP contribution in [0.4, 0.5) is 4.39 Å². The molecule has 0 radical (unpaired) electrons. The Bertz CT molecular complexity index is 382. The molecule has 2 nitrogen and oxygen atoms in total. The summed E-state index contributed by atoms with van der Waals surface area (Å²) in [6, 6.07) is 7.05. The molecule has 2 atom stereocenters. The highest BCUT2D eigenvalue weighted by molar-refractivity contribution is 5.19. The molecule has 3 heteroatoms. The van der Waals surface area contributed by atoms with Gasteiger partial charge in [-0.1, -0.05) is 32.9 Å². The lowest BCUT2D eigenvalue weighted by atomic mass is 9.85. The predicted molar refractivity (Wildman–Crippen MR) is 71.0 cm³/mol. The first kappa shape index (κ1) is 13.5. The van der Waals surface area contributed by atoms with Gasteiger partial charge in [0, 0.05) is 19.2 Å². The maximum Gasteiger partial charge on any atom is 0.123 e. The molecule has 1 aromatic carbocycles. The fraction of sp³-hybridized carbons (Fsp3) is 0.600. The molecule has 0 aliphatic carbocycles. The molecule has 2 rings (SSSR count). The van der Waals surface area contributed by atoms with E-state index in [0.717, 1.165) is 25.1 Å². The van der Waals surface area contributed by atoms with Crippen molar-refractivity contribution in [2.24, 2.45) is 5.41 Å². The molecular formula is C15H22FNO. The zero-order valence-corrected chi connectivity index (χ0v) is 11.4. The van der Waals surface area contributed by atoms with Gasteiger partial charge in [0.05, 0.1) is 6.10 Å². The molecule has 0 spiro atoms. The second-order valence-corrected chi connectivity index (χ2v) is 6.03. The van der Waals surface area contributed by atoms with Crippen LogP contribution in [0.1, 0.15) is 38.9 Å². The van der Waals surface area contributed by atoms with E-state index in [9.17, 15) is 4.39 Å². The van der Waals surface area contributed by atoms with Crippen molar-refractivity contribution in [3.8, 4) is 0 Å². The normalized spacial score (nSPS) is 25.8. The third-order valence-corrected chi connectivity index (χ3v) is 3.56. The van der Waals surface area contributed by atoms with Crippen molar-refractivity contribution < 1.29 is 9.13 Å². The third kappa shape index (κ3) is 3.30. The van der Waals surface area contributed by atoms with Crippen LogP contribution in [-0.2, 0) is 4.74 Å². The van der Waals surface area contributed by atoms with E-state index in [1.807, 2.05) is 0 Å². The van der Waals surface area contributed by atoms with Crippen molar-refractivity contribution in [3.63, 3.8) is 0 Å². The van der Waals surface area contributed by atoms with Gasteiger partial charge in [-0.2, -0.15) is 0 Å². The van der Waals surface area contributed by atoms with Crippen LogP contribution in [-0.4, -0.2) is 19.2 Å². The summed E-state index contributed by atoms with van der Waals surface area (Å²) < 4.78 is 18.8. The summed E-state index contributed by atoms with van der Waals surface area (Å²) in [6.45, 7) is 8.25. The summed E-state index contributed by atoms with van der Waals surface area (Å²) in [4.78, 5) is 0. The lowest BCUT2D eigenvalue weighted by Gasteiger charge is -2.30. The maximum atomic E-state index is 12.9. The summed E-state index contributed by atoms with van der Waals surface area (Å²) in [5, 5.41) is 3.57. The van der Waals surface area contributed by atoms with Gasteiger partial charge in [-0.05, 0) is 29.5 Å². The second kappa shape index (κ2) is 5.37. The Labute approximate surface area is 109 Å². The number of hydrogen-bond acceptors (Lipinski definition) is 2. The molecule has 1 heterocycles. The van der Waals surface area contributed by atoms with Gasteiger partial charge in [-0.25, -0.2) is 4.39 Å². The van der Waals surface area contributed by atoms with Crippen molar-refractivity contribution in [1.82, 2.24) is 5.32 Å². The highest BCUT2D eigenvalue weighted by atomic mass is 19.1. The van der Waals surface area contributed by atoms with Gasteiger partial charge in [0.2, 0.25) is 0 Å². The van der Waals surface area contributed by atoms with Crippen molar-refractivity contribution in [1.29, 1.82) is 0 Å². The minimum atomic E-state index is -0.201. The molecule has 2 unspecified atom stereocenters. The Morgan fingerprint density at radius 2 is 1.89 bits per heavy atom. The zero-order valence-electron chi connectivity index (χ0n) is 11.4. The molecular weight excluding hydrogens is 229 g/mol. The first-order valence-corrected chi connectivity index (χ1v) is 6.57.